The first-order valence-electron chi connectivity index (χ1n) is 8.00. The van der Waals surface area contributed by atoms with E-state index in [1.807, 2.05) is 0 Å². The fourth-order valence-electron chi connectivity index (χ4n) is 2.38. The first-order chi connectivity index (χ1) is 13.8. The van der Waals surface area contributed by atoms with Crippen LogP contribution in [0.5, 0.6) is 11.5 Å². The predicted molar refractivity (Wildman–Crippen MR) is 100 cm³/mol. The SMILES string of the molecule is COc1cc(C(=O)Nc2ccc(OC(F)(F)Cl)cc2)cn(-c2cncnc2)c1=O. The summed E-state index contributed by atoms with van der Waals surface area (Å²) in [6, 6.07) is 6.43. The normalized spacial score (nSPS) is 11.0. The summed E-state index contributed by atoms with van der Waals surface area (Å²) in [5.74, 6) is -0.804. The molecule has 0 bridgehead atoms. The molecule has 1 aromatic carbocycles. The molecular formula is C18H13ClF2N4O4. The minimum Gasteiger partial charge on any atom is -0.491 e. The van der Waals surface area contributed by atoms with Crippen LogP contribution in [0.4, 0.5) is 14.5 Å². The molecule has 0 fully saturated rings. The average Bonchev–Trinajstić information content (AvgIpc) is 2.69. The number of rotatable bonds is 6. The first kappa shape index (κ1) is 20.2. The summed E-state index contributed by atoms with van der Waals surface area (Å²) in [4.78, 5) is 32.7. The molecule has 1 N–H and O–H groups in total. The number of carbonyl (C=O) groups excluding carboxylic acids is 1. The Balaban J connectivity index is 1.87. The lowest BCUT2D eigenvalue weighted by Crippen LogP contribution is -2.23. The minimum atomic E-state index is -3.84. The second kappa shape index (κ2) is 8.23. The van der Waals surface area contributed by atoms with Crippen LogP contribution in [0, 0.1) is 0 Å². The number of hydrogen-bond donors (Lipinski definition) is 1. The van der Waals surface area contributed by atoms with Crippen LogP contribution in [0.3, 0.4) is 0 Å². The molecule has 29 heavy (non-hydrogen) atoms. The van der Waals surface area contributed by atoms with E-state index in [9.17, 15) is 18.4 Å². The van der Waals surface area contributed by atoms with Crippen LogP contribution >= 0.6 is 11.6 Å². The standard InChI is InChI=1S/C18H13ClF2N4O4/c1-28-15-6-11(9-25(17(15)27)13-7-22-10-23-8-13)16(26)24-12-2-4-14(5-3-12)29-18(19,20)21/h2-10H,1H3,(H,24,26). The van der Waals surface area contributed by atoms with Crippen molar-refractivity contribution in [2.24, 2.45) is 0 Å². The van der Waals surface area contributed by atoms with Gasteiger partial charge in [0.1, 0.15) is 12.1 Å². The fourth-order valence-corrected chi connectivity index (χ4v) is 2.47. The maximum atomic E-state index is 12.6. The highest BCUT2D eigenvalue weighted by Gasteiger charge is 2.27. The molecule has 3 rings (SSSR count). The van der Waals surface area contributed by atoms with Crippen molar-refractivity contribution in [3.63, 3.8) is 0 Å². The number of nitrogens with zero attached hydrogens (tertiary/aromatic N) is 3. The number of pyridine rings is 1. The van der Waals surface area contributed by atoms with E-state index in [0.717, 1.165) is 0 Å². The van der Waals surface area contributed by atoms with Crippen molar-refractivity contribution in [3.8, 4) is 17.2 Å². The van der Waals surface area contributed by atoms with Crippen molar-refractivity contribution in [2.75, 3.05) is 12.4 Å². The van der Waals surface area contributed by atoms with E-state index in [0.29, 0.717) is 11.4 Å². The summed E-state index contributed by atoms with van der Waals surface area (Å²) < 4.78 is 35.7. The smallest absolute Gasteiger partial charge is 0.487 e. The van der Waals surface area contributed by atoms with E-state index in [2.05, 4.69) is 20.0 Å². The Bertz CT molecular complexity index is 1070. The summed E-state index contributed by atoms with van der Waals surface area (Å²) in [6.45, 7) is 0. The quantitative estimate of drug-likeness (QED) is 0.613. The van der Waals surface area contributed by atoms with Gasteiger partial charge in [-0.3, -0.25) is 14.2 Å². The van der Waals surface area contributed by atoms with Crippen molar-refractivity contribution in [2.45, 2.75) is 5.57 Å². The largest absolute Gasteiger partial charge is 0.491 e. The van der Waals surface area contributed by atoms with Gasteiger partial charge < -0.3 is 14.8 Å². The zero-order valence-electron chi connectivity index (χ0n) is 14.8. The van der Waals surface area contributed by atoms with Gasteiger partial charge >= 0.3 is 5.57 Å². The number of nitrogens with one attached hydrogen (secondary N) is 1. The molecule has 0 saturated heterocycles. The number of alkyl halides is 3. The van der Waals surface area contributed by atoms with Crippen molar-refractivity contribution < 1.29 is 23.0 Å². The molecule has 3 aromatic rings. The zero-order valence-corrected chi connectivity index (χ0v) is 15.6. The molecule has 0 radical (unpaired) electrons. The third-order valence-corrected chi connectivity index (χ3v) is 3.71. The number of aromatic nitrogens is 3. The third kappa shape index (κ3) is 5.05. The van der Waals surface area contributed by atoms with Crippen molar-refractivity contribution in [1.82, 2.24) is 14.5 Å². The number of ether oxygens (including phenoxy) is 2. The Labute approximate surface area is 167 Å². The lowest BCUT2D eigenvalue weighted by Gasteiger charge is -2.12. The second-order valence-electron chi connectivity index (χ2n) is 5.60. The highest BCUT2D eigenvalue weighted by Crippen LogP contribution is 2.26. The zero-order chi connectivity index (χ0) is 21.0. The Hall–Kier alpha value is -3.53. The van der Waals surface area contributed by atoms with Gasteiger partial charge in [-0.15, -0.1) is 8.78 Å². The van der Waals surface area contributed by atoms with Gasteiger partial charge in [-0.05, 0) is 24.3 Å². The highest BCUT2D eigenvalue weighted by atomic mass is 35.5. The lowest BCUT2D eigenvalue weighted by atomic mass is 10.2. The van der Waals surface area contributed by atoms with Gasteiger partial charge in [0, 0.05) is 29.6 Å². The fraction of sp³-hybridized carbons (Fsp3) is 0.111. The molecule has 2 heterocycles. The molecule has 0 saturated carbocycles. The van der Waals surface area contributed by atoms with Gasteiger partial charge in [-0.2, -0.15) is 0 Å². The van der Waals surface area contributed by atoms with E-state index in [-0.39, 0.29) is 17.1 Å². The molecule has 0 spiro atoms. The maximum Gasteiger partial charge on any atom is 0.487 e. The molecule has 0 atom stereocenters. The third-order valence-electron chi connectivity index (χ3n) is 3.64. The number of hydrogen-bond acceptors (Lipinski definition) is 6. The molecule has 0 aliphatic rings. The number of halogens is 3. The van der Waals surface area contributed by atoms with E-state index in [4.69, 9.17) is 16.3 Å². The second-order valence-corrected chi connectivity index (χ2v) is 6.04. The number of methoxy groups -OCH3 is 1. The van der Waals surface area contributed by atoms with Gasteiger partial charge in [0.25, 0.3) is 11.5 Å². The highest BCUT2D eigenvalue weighted by molar-refractivity contribution is 6.20. The topological polar surface area (TPSA) is 95.3 Å². The summed E-state index contributed by atoms with van der Waals surface area (Å²) in [7, 11) is 1.30. The van der Waals surface area contributed by atoms with Crippen LogP contribution in [-0.4, -0.2) is 33.1 Å². The number of benzene rings is 1. The molecule has 11 heteroatoms. The first-order valence-corrected chi connectivity index (χ1v) is 8.38. The summed E-state index contributed by atoms with van der Waals surface area (Å²) in [6.07, 6.45) is 5.42. The lowest BCUT2D eigenvalue weighted by molar-refractivity contribution is -0.0964. The van der Waals surface area contributed by atoms with Crippen LogP contribution < -0.4 is 20.3 Å². The summed E-state index contributed by atoms with van der Waals surface area (Å²) >= 11 is 4.70. The predicted octanol–water partition coefficient (Wildman–Crippen LogP) is 3.06. The van der Waals surface area contributed by atoms with Gasteiger partial charge in [0.2, 0.25) is 0 Å². The van der Waals surface area contributed by atoms with Crippen molar-refractivity contribution in [3.05, 3.63) is 71.2 Å². The molecule has 0 unspecified atom stereocenters. The average molecular weight is 423 g/mol. The monoisotopic (exact) mass is 422 g/mol. The summed E-state index contributed by atoms with van der Waals surface area (Å²) in [5, 5.41) is 2.58. The molecule has 150 valence electrons. The van der Waals surface area contributed by atoms with Gasteiger partial charge in [0.05, 0.1) is 30.8 Å². The van der Waals surface area contributed by atoms with Gasteiger partial charge in [-0.25, -0.2) is 9.97 Å². The molecule has 1 amide bonds. The number of anilines is 1. The van der Waals surface area contributed by atoms with E-state index in [1.54, 1.807) is 0 Å². The van der Waals surface area contributed by atoms with E-state index in [1.165, 1.54) is 66.9 Å². The molecule has 8 nitrogen and oxygen atoms in total. The van der Waals surface area contributed by atoms with Crippen LogP contribution in [0.1, 0.15) is 10.4 Å². The van der Waals surface area contributed by atoms with E-state index < -0.39 is 17.0 Å². The molecule has 2 aromatic heterocycles. The van der Waals surface area contributed by atoms with Crippen LogP contribution in [-0.2, 0) is 0 Å². The van der Waals surface area contributed by atoms with Gasteiger partial charge in [-0.1, -0.05) is 0 Å². The van der Waals surface area contributed by atoms with Crippen LogP contribution in [0.25, 0.3) is 5.69 Å². The molecular weight excluding hydrogens is 410 g/mol. The van der Waals surface area contributed by atoms with E-state index >= 15 is 0 Å². The minimum absolute atomic E-state index is 0.0606. The Kier molecular flexibility index (Phi) is 5.74. The maximum absolute atomic E-state index is 12.6. The molecule has 0 aliphatic heterocycles. The van der Waals surface area contributed by atoms with Crippen molar-refractivity contribution >= 4 is 23.2 Å². The number of amides is 1. The molecule has 0 aliphatic carbocycles. The number of carbonyl (C=O) groups is 1. The van der Waals surface area contributed by atoms with Crippen molar-refractivity contribution in [1.29, 1.82) is 0 Å². The van der Waals surface area contributed by atoms with Crippen LogP contribution in [0.15, 0.2) is 60.0 Å². The Morgan fingerprint density at radius 2 is 1.86 bits per heavy atom. The summed E-state index contributed by atoms with van der Waals surface area (Å²) in [5.41, 5.74) is -3.58. The Morgan fingerprint density at radius 1 is 1.21 bits per heavy atom. The Morgan fingerprint density at radius 3 is 2.45 bits per heavy atom. The van der Waals surface area contributed by atoms with Crippen LogP contribution in [0.2, 0.25) is 0 Å². The van der Waals surface area contributed by atoms with Gasteiger partial charge in [0.15, 0.2) is 5.75 Å².